The topological polar surface area (TPSA) is 97.7 Å². The summed E-state index contributed by atoms with van der Waals surface area (Å²) in [6.45, 7) is 1.87. The minimum atomic E-state index is -5.08. The molecule has 2 fully saturated rings. The van der Waals surface area contributed by atoms with E-state index in [4.69, 9.17) is 19.4 Å². The number of aromatic nitrogens is 3. The van der Waals surface area contributed by atoms with Crippen LogP contribution < -0.4 is 4.90 Å². The van der Waals surface area contributed by atoms with Gasteiger partial charge in [-0.15, -0.1) is 0 Å². The van der Waals surface area contributed by atoms with Crippen molar-refractivity contribution in [3.8, 4) is 0 Å². The third-order valence-corrected chi connectivity index (χ3v) is 4.77. The van der Waals surface area contributed by atoms with Crippen LogP contribution in [0.2, 0.25) is 0 Å². The second kappa shape index (κ2) is 9.96. The van der Waals surface area contributed by atoms with Gasteiger partial charge in [0.05, 0.1) is 31.6 Å². The SMILES string of the molecule is Fc1cnc(N2C[C@@H](OCc3cccnc3)[C@H]3OCCC[C@H]32)nc1.O=C(O)C(F)(F)F. The Kier molecular flexibility index (Phi) is 7.33. The molecule has 8 nitrogen and oxygen atoms in total. The van der Waals surface area contributed by atoms with E-state index in [1.54, 1.807) is 12.4 Å². The van der Waals surface area contributed by atoms with Crippen molar-refractivity contribution in [2.24, 2.45) is 0 Å². The highest BCUT2D eigenvalue weighted by atomic mass is 19.4. The van der Waals surface area contributed by atoms with Gasteiger partial charge in [-0.3, -0.25) is 4.98 Å². The van der Waals surface area contributed by atoms with Gasteiger partial charge in [-0.2, -0.15) is 13.2 Å². The van der Waals surface area contributed by atoms with Crippen LogP contribution in [0.4, 0.5) is 23.5 Å². The van der Waals surface area contributed by atoms with Gasteiger partial charge in [0.15, 0.2) is 5.82 Å². The van der Waals surface area contributed by atoms with E-state index < -0.39 is 18.0 Å². The standard InChI is InChI=1S/C17H19FN4O2.C2HF3O2/c18-13-8-20-17(21-9-13)22-10-15(16-14(22)4-2-6-23-16)24-11-12-3-1-5-19-7-12;3-2(4,5)1(6)7/h1,3,5,7-9,14-16H,2,4,6,10-11H2;(H,6,7)/t14-,15-,16+;/m1./s1. The molecular formula is C19H20F4N4O4. The fraction of sp³-hybridized carbons (Fsp3) is 0.474. The molecule has 0 amide bonds. The number of hydrogen-bond acceptors (Lipinski definition) is 7. The summed E-state index contributed by atoms with van der Waals surface area (Å²) in [6, 6.07) is 4.05. The van der Waals surface area contributed by atoms with Gasteiger partial charge in [-0.1, -0.05) is 6.07 Å². The predicted molar refractivity (Wildman–Crippen MR) is 98.6 cm³/mol. The van der Waals surface area contributed by atoms with E-state index in [1.807, 2.05) is 12.1 Å². The van der Waals surface area contributed by atoms with Gasteiger partial charge in [-0.25, -0.2) is 19.2 Å². The van der Waals surface area contributed by atoms with E-state index >= 15 is 0 Å². The van der Waals surface area contributed by atoms with E-state index in [9.17, 15) is 17.6 Å². The van der Waals surface area contributed by atoms with Crippen molar-refractivity contribution in [3.05, 3.63) is 48.3 Å². The lowest BCUT2D eigenvalue weighted by Crippen LogP contribution is -2.42. The van der Waals surface area contributed by atoms with E-state index in [-0.39, 0.29) is 18.2 Å². The van der Waals surface area contributed by atoms with Crippen molar-refractivity contribution in [2.45, 2.75) is 43.9 Å². The molecule has 0 aromatic carbocycles. The van der Waals surface area contributed by atoms with Crippen molar-refractivity contribution in [2.75, 3.05) is 18.1 Å². The van der Waals surface area contributed by atoms with Gasteiger partial charge in [-0.05, 0) is 24.5 Å². The van der Waals surface area contributed by atoms with E-state index in [1.165, 1.54) is 12.4 Å². The zero-order valence-corrected chi connectivity index (χ0v) is 16.2. The number of hydrogen-bond donors (Lipinski definition) is 1. The Morgan fingerprint density at radius 3 is 2.61 bits per heavy atom. The molecule has 2 saturated heterocycles. The number of carboxylic acid groups (broad SMARTS) is 1. The van der Waals surface area contributed by atoms with Crippen LogP contribution in [-0.4, -0.2) is 63.6 Å². The second-order valence-corrected chi connectivity index (χ2v) is 6.91. The molecule has 0 bridgehead atoms. The number of ether oxygens (including phenoxy) is 2. The fourth-order valence-corrected chi connectivity index (χ4v) is 3.43. The Hall–Kier alpha value is -2.86. The molecule has 2 aliphatic heterocycles. The third kappa shape index (κ3) is 6.07. The number of aliphatic carboxylic acids is 1. The van der Waals surface area contributed by atoms with Crippen LogP contribution in [0.15, 0.2) is 36.9 Å². The smallest absolute Gasteiger partial charge is 0.475 e. The summed E-state index contributed by atoms with van der Waals surface area (Å²) in [5.41, 5.74) is 1.03. The van der Waals surface area contributed by atoms with Crippen molar-refractivity contribution in [1.82, 2.24) is 15.0 Å². The minimum Gasteiger partial charge on any atom is -0.475 e. The zero-order chi connectivity index (χ0) is 22.4. The third-order valence-electron chi connectivity index (χ3n) is 4.77. The van der Waals surface area contributed by atoms with Crippen LogP contribution in [0.25, 0.3) is 0 Å². The molecule has 3 atom stereocenters. The van der Waals surface area contributed by atoms with Gasteiger partial charge in [0, 0.05) is 19.0 Å². The highest BCUT2D eigenvalue weighted by Gasteiger charge is 2.45. The Morgan fingerprint density at radius 2 is 2.00 bits per heavy atom. The molecular weight excluding hydrogens is 424 g/mol. The lowest BCUT2D eigenvalue weighted by molar-refractivity contribution is -0.192. The quantitative estimate of drug-likeness (QED) is 0.719. The van der Waals surface area contributed by atoms with E-state index in [2.05, 4.69) is 19.9 Å². The molecule has 0 aliphatic carbocycles. The maximum atomic E-state index is 13.1. The number of alkyl halides is 3. The van der Waals surface area contributed by atoms with Crippen molar-refractivity contribution in [3.63, 3.8) is 0 Å². The first kappa shape index (κ1) is 22.8. The van der Waals surface area contributed by atoms with Gasteiger partial charge in [0.25, 0.3) is 0 Å². The summed E-state index contributed by atoms with van der Waals surface area (Å²) in [5, 5.41) is 7.12. The van der Waals surface area contributed by atoms with Crippen LogP contribution >= 0.6 is 0 Å². The summed E-state index contributed by atoms with van der Waals surface area (Å²) >= 11 is 0. The lowest BCUT2D eigenvalue weighted by atomic mass is 10.0. The van der Waals surface area contributed by atoms with E-state index in [0.29, 0.717) is 19.1 Å². The summed E-state index contributed by atoms with van der Waals surface area (Å²) in [4.78, 5) is 23.3. The highest BCUT2D eigenvalue weighted by molar-refractivity contribution is 5.73. The molecule has 0 unspecified atom stereocenters. The Labute approximate surface area is 174 Å². The van der Waals surface area contributed by atoms with Crippen molar-refractivity contribution < 1.29 is 36.9 Å². The summed E-state index contributed by atoms with van der Waals surface area (Å²) in [7, 11) is 0. The molecule has 0 spiro atoms. The summed E-state index contributed by atoms with van der Waals surface area (Å²) in [6.07, 6.45) is 2.78. The maximum absolute atomic E-state index is 13.1. The Morgan fingerprint density at radius 1 is 1.29 bits per heavy atom. The second-order valence-electron chi connectivity index (χ2n) is 6.91. The van der Waals surface area contributed by atoms with Crippen LogP contribution in [0.5, 0.6) is 0 Å². The van der Waals surface area contributed by atoms with E-state index in [0.717, 1.165) is 25.0 Å². The molecule has 31 heavy (non-hydrogen) atoms. The van der Waals surface area contributed by atoms with Gasteiger partial charge < -0.3 is 19.5 Å². The number of rotatable bonds is 4. The number of fused-ring (bicyclic) bond motifs is 1. The van der Waals surface area contributed by atoms with Gasteiger partial charge in [0.1, 0.15) is 12.2 Å². The fourth-order valence-electron chi connectivity index (χ4n) is 3.43. The molecule has 4 rings (SSSR count). The van der Waals surface area contributed by atoms with Gasteiger partial charge >= 0.3 is 12.1 Å². The number of pyridine rings is 1. The molecule has 168 valence electrons. The molecule has 0 saturated carbocycles. The van der Waals surface area contributed by atoms with Crippen LogP contribution in [0.3, 0.4) is 0 Å². The summed E-state index contributed by atoms with van der Waals surface area (Å²) < 4.78 is 56.9. The number of carboxylic acids is 1. The Bertz CT molecular complexity index is 854. The average molecular weight is 444 g/mol. The molecule has 2 aliphatic rings. The average Bonchev–Trinajstić information content (AvgIpc) is 3.12. The lowest BCUT2D eigenvalue weighted by Gasteiger charge is -2.32. The van der Waals surface area contributed by atoms with Crippen molar-refractivity contribution in [1.29, 1.82) is 0 Å². The molecule has 2 aromatic heterocycles. The molecule has 4 heterocycles. The molecule has 2 aromatic rings. The highest BCUT2D eigenvalue weighted by Crippen LogP contribution is 2.33. The Balaban J connectivity index is 0.000000339. The van der Waals surface area contributed by atoms with Crippen LogP contribution in [-0.2, 0) is 20.9 Å². The predicted octanol–water partition coefficient (Wildman–Crippen LogP) is 2.60. The number of halogens is 4. The molecule has 0 radical (unpaired) electrons. The maximum Gasteiger partial charge on any atom is 0.490 e. The van der Waals surface area contributed by atoms with Crippen LogP contribution in [0.1, 0.15) is 18.4 Å². The number of nitrogens with zero attached hydrogens (tertiary/aromatic N) is 4. The number of carbonyl (C=O) groups is 1. The van der Waals surface area contributed by atoms with Crippen molar-refractivity contribution >= 4 is 11.9 Å². The first-order valence-corrected chi connectivity index (χ1v) is 9.42. The normalized spacial score (nSPS) is 23.0. The number of anilines is 1. The summed E-state index contributed by atoms with van der Waals surface area (Å²) in [5.74, 6) is -2.66. The zero-order valence-electron chi connectivity index (χ0n) is 16.2. The van der Waals surface area contributed by atoms with Gasteiger partial charge in [0.2, 0.25) is 5.95 Å². The molecule has 1 N–H and O–H groups in total. The first-order chi connectivity index (χ1) is 14.8. The largest absolute Gasteiger partial charge is 0.490 e. The monoisotopic (exact) mass is 444 g/mol. The van der Waals surface area contributed by atoms with Crippen LogP contribution in [0, 0.1) is 5.82 Å². The first-order valence-electron chi connectivity index (χ1n) is 9.42. The molecule has 12 heteroatoms. The minimum absolute atomic E-state index is 0.0101.